The summed E-state index contributed by atoms with van der Waals surface area (Å²) in [7, 11) is 0. The summed E-state index contributed by atoms with van der Waals surface area (Å²) in [5.74, 6) is 0.791. The zero-order valence-electron chi connectivity index (χ0n) is 9.83. The molecular formula is C12H22N2. The normalized spacial score (nSPS) is 15.4. The number of hydrogen-bond donors (Lipinski definition) is 0. The summed E-state index contributed by atoms with van der Waals surface area (Å²) in [6, 6.07) is 0.533. The molecule has 0 aliphatic carbocycles. The summed E-state index contributed by atoms with van der Waals surface area (Å²) in [5.41, 5.74) is 1.33. The maximum atomic E-state index is 4.39. The average molecular weight is 194 g/mol. The van der Waals surface area contributed by atoms with Crippen LogP contribution in [-0.4, -0.2) is 9.78 Å². The van der Waals surface area contributed by atoms with Crippen LogP contribution >= 0.6 is 0 Å². The van der Waals surface area contributed by atoms with E-state index < -0.39 is 0 Å². The molecule has 14 heavy (non-hydrogen) atoms. The summed E-state index contributed by atoms with van der Waals surface area (Å²) >= 11 is 0. The van der Waals surface area contributed by atoms with Crippen LogP contribution in [0.4, 0.5) is 0 Å². The van der Waals surface area contributed by atoms with Crippen molar-refractivity contribution in [3.8, 4) is 0 Å². The summed E-state index contributed by atoms with van der Waals surface area (Å²) < 4.78 is 2.10. The highest BCUT2D eigenvalue weighted by atomic mass is 15.3. The van der Waals surface area contributed by atoms with Gasteiger partial charge in [0.1, 0.15) is 0 Å². The van der Waals surface area contributed by atoms with Gasteiger partial charge in [-0.15, -0.1) is 0 Å². The minimum absolute atomic E-state index is 0.533. The fourth-order valence-electron chi connectivity index (χ4n) is 1.66. The molecule has 2 heteroatoms. The largest absolute Gasteiger partial charge is 0.270 e. The highest BCUT2D eigenvalue weighted by molar-refractivity contribution is 5.03. The summed E-state index contributed by atoms with van der Waals surface area (Å²) in [6.07, 6.45) is 7.71. The zero-order valence-corrected chi connectivity index (χ0v) is 9.83. The number of rotatable bonds is 5. The van der Waals surface area contributed by atoms with Crippen molar-refractivity contribution in [2.24, 2.45) is 5.92 Å². The van der Waals surface area contributed by atoms with E-state index in [0.717, 1.165) is 12.3 Å². The Hall–Kier alpha value is -0.790. The average Bonchev–Trinajstić information content (AvgIpc) is 2.65. The summed E-state index contributed by atoms with van der Waals surface area (Å²) in [5, 5.41) is 4.39. The van der Waals surface area contributed by atoms with Gasteiger partial charge >= 0.3 is 0 Å². The molecule has 0 aliphatic rings. The van der Waals surface area contributed by atoms with Gasteiger partial charge in [-0.3, -0.25) is 4.68 Å². The van der Waals surface area contributed by atoms with E-state index in [4.69, 9.17) is 0 Å². The third kappa shape index (κ3) is 2.86. The number of nitrogens with zero attached hydrogens (tertiary/aromatic N) is 2. The van der Waals surface area contributed by atoms with Gasteiger partial charge in [-0.05, 0) is 31.2 Å². The van der Waals surface area contributed by atoms with E-state index in [1.807, 2.05) is 6.20 Å². The van der Waals surface area contributed by atoms with Gasteiger partial charge in [0.15, 0.2) is 0 Å². The number of hydrogen-bond acceptors (Lipinski definition) is 1. The molecular weight excluding hydrogens is 172 g/mol. The van der Waals surface area contributed by atoms with Gasteiger partial charge in [-0.25, -0.2) is 0 Å². The Labute approximate surface area is 87.3 Å². The van der Waals surface area contributed by atoms with Crippen molar-refractivity contribution in [1.29, 1.82) is 0 Å². The van der Waals surface area contributed by atoms with Crippen molar-refractivity contribution in [1.82, 2.24) is 9.78 Å². The van der Waals surface area contributed by atoms with E-state index in [-0.39, 0.29) is 0 Å². The van der Waals surface area contributed by atoms with Crippen LogP contribution in [0.3, 0.4) is 0 Å². The lowest BCUT2D eigenvalue weighted by Gasteiger charge is -2.16. The first-order chi connectivity index (χ1) is 6.67. The SMILES string of the molecule is CCc1cnn(C(C)CC(C)CC)c1. The van der Waals surface area contributed by atoms with Gasteiger partial charge in [0.2, 0.25) is 0 Å². The van der Waals surface area contributed by atoms with Crippen LogP contribution in [0.1, 0.15) is 52.1 Å². The molecule has 1 aromatic heterocycles. The Morgan fingerprint density at radius 3 is 2.57 bits per heavy atom. The maximum Gasteiger partial charge on any atom is 0.0521 e. The Kier molecular flexibility index (Phi) is 4.18. The van der Waals surface area contributed by atoms with Crippen molar-refractivity contribution < 1.29 is 0 Å². The van der Waals surface area contributed by atoms with E-state index >= 15 is 0 Å². The Bertz CT molecular complexity index is 265. The maximum absolute atomic E-state index is 4.39. The van der Waals surface area contributed by atoms with E-state index in [9.17, 15) is 0 Å². The molecule has 1 aromatic rings. The minimum atomic E-state index is 0.533. The van der Waals surface area contributed by atoms with E-state index in [0.29, 0.717) is 6.04 Å². The van der Waals surface area contributed by atoms with Crippen LogP contribution < -0.4 is 0 Å². The Morgan fingerprint density at radius 1 is 1.36 bits per heavy atom. The molecule has 1 rings (SSSR count). The molecule has 0 N–H and O–H groups in total. The molecule has 0 aromatic carbocycles. The Morgan fingerprint density at radius 2 is 2.07 bits per heavy atom. The van der Waals surface area contributed by atoms with Gasteiger partial charge in [-0.2, -0.15) is 5.10 Å². The first-order valence-electron chi connectivity index (χ1n) is 5.70. The second-order valence-corrected chi connectivity index (χ2v) is 4.28. The fourth-order valence-corrected chi connectivity index (χ4v) is 1.66. The predicted octanol–water partition coefficient (Wildman–Crippen LogP) is 3.44. The molecule has 0 spiro atoms. The summed E-state index contributed by atoms with van der Waals surface area (Å²) in [4.78, 5) is 0. The molecule has 0 aliphatic heterocycles. The lowest BCUT2D eigenvalue weighted by atomic mass is 10.0. The van der Waals surface area contributed by atoms with E-state index in [2.05, 4.69) is 43.7 Å². The highest BCUT2D eigenvalue weighted by Crippen LogP contribution is 2.18. The highest BCUT2D eigenvalue weighted by Gasteiger charge is 2.09. The number of aromatic nitrogens is 2. The van der Waals surface area contributed by atoms with Gasteiger partial charge in [0, 0.05) is 12.2 Å². The third-order valence-electron chi connectivity index (χ3n) is 2.96. The topological polar surface area (TPSA) is 17.8 Å². The van der Waals surface area contributed by atoms with Crippen LogP contribution in [0.2, 0.25) is 0 Å². The van der Waals surface area contributed by atoms with Gasteiger partial charge < -0.3 is 0 Å². The number of aryl methyl sites for hydroxylation is 1. The molecule has 2 nitrogen and oxygen atoms in total. The van der Waals surface area contributed by atoms with Crippen molar-refractivity contribution in [2.75, 3.05) is 0 Å². The van der Waals surface area contributed by atoms with Crippen LogP contribution in [0.15, 0.2) is 12.4 Å². The van der Waals surface area contributed by atoms with Crippen molar-refractivity contribution in [3.63, 3.8) is 0 Å². The zero-order chi connectivity index (χ0) is 10.6. The molecule has 0 saturated heterocycles. The molecule has 0 radical (unpaired) electrons. The van der Waals surface area contributed by atoms with Crippen molar-refractivity contribution in [2.45, 2.75) is 53.0 Å². The van der Waals surface area contributed by atoms with E-state index in [1.165, 1.54) is 18.4 Å². The van der Waals surface area contributed by atoms with E-state index in [1.54, 1.807) is 0 Å². The first kappa shape index (κ1) is 11.3. The van der Waals surface area contributed by atoms with Gasteiger partial charge in [0.05, 0.1) is 6.20 Å². The fraction of sp³-hybridized carbons (Fsp3) is 0.750. The molecule has 1 heterocycles. The molecule has 0 amide bonds. The van der Waals surface area contributed by atoms with Crippen LogP contribution in [0.5, 0.6) is 0 Å². The molecule has 2 atom stereocenters. The monoisotopic (exact) mass is 194 g/mol. The van der Waals surface area contributed by atoms with Gasteiger partial charge in [-0.1, -0.05) is 27.2 Å². The predicted molar refractivity (Wildman–Crippen MR) is 60.4 cm³/mol. The second-order valence-electron chi connectivity index (χ2n) is 4.28. The second kappa shape index (κ2) is 5.18. The van der Waals surface area contributed by atoms with Crippen LogP contribution in [-0.2, 0) is 6.42 Å². The smallest absolute Gasteiger partial charge is 0.0521 e. The van der Waals surface area contributed by atoms with Gasteiger partial charge in [0.25, 0.3) is 0 Å². The lowest BCUT2D eigenvalue weighted by Crippen LogP contribution is -2.09. The first-order valence-corrected chi connectivity index (χ1v) is 5.70. The molecule has 80 valence electrons. The minimum Gasteiger partial charge on any atom is -0.270 e. The quantitative estimate of drug-likeness (QED) is 0.702. The molecule has 0 fully saturated rings. The van der Waals surface area contributed by atoms with Crippen LogP contribution in [0, 0.1) is 5.92 Å². The molecule has 2 unspecified atom stereocenters. The molecule has 0 saturated carbocycles. The third-order valence-corrected chi connectivity index (χ3v) is 2.96. The van der Waals surface area contributed by atoms with Crippen molar-refractivity contribution >= 4 is 0 Å². The Balaban J connectivity index is 2.55. The van der Waals surface area contributed by atoms with Crippen molar-refractivity contribution in [3.05, 3.63) is 18.0 Å². The standard InChI is InChI=1S/C12H22N2/c1-5-10(3)7-11(4)14-9-12(6-2)8-13-14/h8-11H,5-7H2,1-4H3. The van der Waals surface area contributed by atoms with Crippen LogP contribution in [0.25, 0.3) is 0 Å². The summed E-state index contributed by atoms with van der Waals surface area (Å²) in [6.45, 7) is 8.97. The lowest BCUT2D eigenvalue weighted by molar-refractivity contribution is 0.374. The molecule has 0 bridgehead atoms.